The Hall–Kier alpha value is -0.570. The van der Waals surface area contributed by atoms with E-state index in [1.54, 1.807) is 0 Å². The van der Waals surface area contributed by atoms with Crippen LogP contribution in [0.3, 0.4) is 0 Å². The lowest BCUT2D eigenvalue weighted by Gasteiger charge is -2.30. The van der Waals surface area contributed by atoms with E-state index in [0.717, 1.165) is 45.4 Å². The number of hydrogen-bond acceptors (Lipinski definition) is 2. The van der Waals surface area contributed by atoms with E-state index < -0.39 is 0 Å². The number of carbonyl (C=O) groups is 1. The molecule has 2 unspecified atom stereocenters. The van der Waals surface area contributed by atoms with Gasteiger partial charge in [-0.15, -0.1) is 0 Å². The highest BCUT2D eigenvalue weighted by molar-refractivity contribution is 5.76. The van der Waals surface area contributed by atoms with Crippen LogP contribution >= 0.6 is 0 Å². The van der Waals surface area contributed by atoms with Gasteiger partial charge in [0.05, 0.1) is 0 Å². The molecule has 0 aliphatic carbocycles. The predicted octanol–water partition coefficient (Wildman–Crippen LogP) is 2.66. The zero-order chi connectivity index (χ0) is 13.4. The van der Waals surface area contributed by atoms with Crippen LogP contribution in [0.25, 0.3) is 0 Å². The van der Waals surface area contributed by atoms with Gasteiger partial charge in [-0.3, -0.25) is 4.79 Å². The first-order valence-corrected chi connectivity index (χ1v) is 7.67. The molecule has 2 atom stereocenters. The Kier molecular flexibility index (Phi) is 7.33. The summed E-state index contributed by atoms with van der Waals surface area (Å²) in [4.78, 5) is 14.3. The molecular formula is C15H30N2O. The quantitative estimate of drug-likeness (QED) is 0.757. The molecule has 1 saturated heterocycles. The standard InChI is InChI=1S/C15H30N2O/c1-4-6-10-17(5-2)15(18)11-13(3)14-8-7-9-16-12-14/h13-14,16H,4-12H2,1-3H3. The molecule has 1 amide bonds. The summed E-state index contributed by atoms with van der Waals surface area (Å²) in [6.07, 6.45) is 5.55. The van der Waals surface area contributed by atoms with Crippen molar-refractivity contribution >= 4 is 5.91 Å². The summed E-state index contributed by atoms with van der Waals surface area (Å²) in [5.41, 5.74) is 0. The number of piperidine rings is 1. The maximum Gasteiger partial charge on any atom is 0.222 e. The first-order valence-electron chi connectivity index (χ1n) is 7.67. The van der Waals surface area contributed by atoms with Crippen molar-refractivity contribution in [1.29, 1.82) is 0 Å². The van der Waals surface area contributed by atoms with E-state index >= 15 is 0 Å². The Bertz CT molecular complexity index is 237. The molecule has 1 aliphatic heterocycles. The van der Waals surface area contributed by atoms with Gasteiger partial charge < -0.3 is 10.2 Å². The number of unbranched alkanes of at least 4 members (excludes halogenated alkanes) is 1. The van der Waals surface area contributed by atoms with Crippen molar-refractivity contribution in [2.24, 2.45) is 11.8 Å². The van der Waals surface area contributed by atoms with Crippen LogP contribution in [0.2, 0.25) is 0 Å². The van der Waals surface area contributed by atoms with Crippen LogP contribution in [0.1, 0.15) is 52.9 Å². The summed E-state index contributed by atoms with van der Waals surface area (Å²) in [6.45, 7) is 10.5. The van der Waals surface area contributed by atoms with Gasteiger partial charge in [-0.2, -0.15) is 0 Å². The molecule has 1 fully saturated rings. The molecule has 1 rings (SSSR count). The SMILES string of the molecule is CCCCN(CC)C(=O)CC(C)C1CCCNC1. The van der Waals surface area contributed by atoms with E-state index in [1.807, 2.05) is 4.90 Å². The van der Waals surface area contributed by atoms with Crippen molar-refractivity contribution in [3.63, 3.8) is 0 Å². The highest BCUT2D eigenvalue weighted by Crippen LogP contribution is 2.23. The molecule has 1 aliphatic rings. The number of carbonyl (C=O) groups excluding carboxylic acids is 1. The van der Waals surface area contributed by atoms with Crippen LogP contribution in [-0.4, -0.2) is 37.0 Å². The third-order valence-corrected chi connectivity index (χ3v) is 4.15. The zero-order valence-corrected chi connectivity index (χ0v) is 12.4. The summed E-state index contributed by atoms with van der Waals surface area (Å²) in [6, 6.07) is 0. The van der Waals surface area contributed by atoms with Gasteiger partial charge in [0.1, 0.15) is 0 Å². The molecule has 0 bridgehead atoms. The lowest BCUT2D eigenvalue weighted by atomic mass is 9.85. The van der Waals surface area contributed by atoms with Gasteiger partial charge in [-0.05, 0) is 51.1 Å². The van der Waals surface area contributed by atoms with E-state index in [0.29, 0.717) is 17.7 Å². The lowest BCUT2D eigenvalue weighted by molar-refractivity contribution is -0.132. The minimum atomic E-state index is 0.351. The third kappa shape index (κ3) is 4.97. The van der Waals surface area contributed by atoms with Gasteiger partial charge in [-0.25, -0.2) is 0 Å². The normalized spacial score (nSPS) is 21.6. The van der Waals surface area contributed by atoms with Crippen LogP contribution in [0, 0.1) is 11.8 Å². The molecule has 106 valence electrons. The molecule has 18 heavy (non-hydrogen) atoms. The van der Waals surface area contributed by atoms with Crippen LogP contribution in [-0.2, 0) is 4.79 Å². The number of hydrogen-bond donors (Lipinski definition) is 1. The number of amides is 1. The summed E-state index contributed by atoms with van der Waals surface area (Å²) in [7, 11) is 0. The molecule has 0 radical (unpaired) electrons. The molecule has 1 heterocycles. The van der Waals surface area contributed by atoms with E-state index in [-0.39, 0.29) is 0 Å². The van der Waals surface area contributed by atoms with Crippen molar-refractivity contribution in [2.75, 3.05) is 26.2 Å². The molecular weight excluding hydrogens is 224 g/mol. The summed E-state index contributed by atoms with van der Waals surface area (Å²) < 4.78 is 0. The van der Waals surface area contributed by atoms with Crippen molar-refractivity contribution in [3.05, 3.63) is 0 Å². The number of rotatable bonds is 7. The highest BCUT2D eigenvalue weighted by Gasteiger charge is 2.23. The van der Waals surface area contributed by atoms with Gasteiger partial charge in [0.2, 0.25) is 5.91 Å². The Morgan fingerprint density at radius 2 is 2.22 bits per heavy atom. The Morgan fingerprint density at radius 3 is 2.78 bits per heavy atom. The van der Waals surface area contributed by atoms with Crippen LogP contribution in [0.4, 0.5) is 0 Å². The fourth-order valence-electron chi connectivity index (χ4n) is 2.74. The summed E-state index contributed by atoms with van der Waals surface area (Å²) in [5, 5.41) is 3.44. The van der Waals surface area contributed by atoms with Crippen LogP contribution in [0.15, 0.2) is 0 Å². The fraction of sp³-hybridized carbons (Fsp3) is 0.933. The van der Waals surface area contributed by atoms with Gasteiger partial charge in [-0.1, -0.05) is 20.3 Å². The van der Waals surface area contributed by atoms with Gasteiger partial charge in [0, 0.05) is 19.5 Å². The average molecular weight is 254 g/mol. The second kappa shape index (κ2) is 8.52. The van der Waals surface area contributed by atoms with Gasteiger partial charge in [0.25, 0.3) is 0 Å². The van der Waals surface area contributed by atoms with E-state index in [4.69, 9.17) is 0 Å². The molecule has 3 nitrogen and oxygen atoms in total. The van der Waals surface area contributed by atoms with Gasteiger partial charge >= 0.3 is 0 Å². The summed E-state index contributed by atoms with van der Waals surface area (Å²) >= 11 is 0. The van der Waals surface area contributed by atoms with E-state index in [2.05, 4.69) is 26.1 Å². The third-order valence-electron chi connectivity index (χ3n) is 4.15. The molecule has 3 heteroatoms. The second-order valence-corrected chi connectivity index (χ2v) is 5.61. The minimum absolute atomic E-state index is 0.351. The average Bonchev–Trinajstić information content (AvgIpc) is 2.40. The lowest BCUT2D eigenvalue weighted by Crippen LogP contribution is -2.37. The van der Waals surface area contributed by atoms with Crippen molar-refractivity contribution in [1.82, 2.24) is 10.2 Å². The van der Waals surface area contributed by atoms with Crippen LogP contribution in [0.5, 0.6) is 0 Å². The van der Waals surface area contributed by atoms with Crippen molar-refractivity contribution in [3.8, 4) is 0 Å². The van der Waals surface area contributed by atoms with Crippen LogP contribution < -0.4 is 5.32 Å². The Labute approximate surface area is 112 Å². The van der Waals surface area contributed by atoms with E-state index in [9.17, 15) is 4.79 Å². The maximum atomic E-state index is 12.2. The van der Waals surface area contributed by atoms with Crippen molar-refractivity contribution in [2.45, 2.75) is 52.9 Å². The molecule has 0 spiro atoms. The smallest absolute Gasteiger partial charge is 0.222 e. The minimum Gasteiger partial charge on any atom is -0.343 e. The largest absolute Gasteiger partial charge is 0.343 e. The topological polar surface area (TPSA) is 32.3 Å². The molecule has 0 aromatic heterocycles. The first kappa shape index (κ1) is 15.5. The molecule has 0 aromatic rings. The first-order chi connectivity index (χ1) is 8.69. The zero-order valence-electron chi connectivity index (χ0n) is 12.4. The highest BCUT2D eigenvalue weighted by atomic mass is 16.2. The predicted molar refractivity (Wildman–Crippen MR) is 76.5 cm³/mol. The Morgan fingerprint density at radius 1 is 1.44 bits per heavy atom. The maximum absolute atomic E-state index is 12.2. The second-order valence-electron chi connectivity index (χ2n) is 5.61. The molecule has 1 N–H and O–H groups in total. The number of nitrogens with one attached hydrogen (secondary N) is 1. The molecule has 0 saturated carbocycles. The van der Waals surface area contributed by atoms with Gasteiger partial charge in [0.15, 0.2) is 0 Å². The summed E-state index contributed by atoms with van der Waals surface area (Å²) in [5.74, 6) is 1.55. The van der Waals surface area contributed by atoms with Crippen molar-refractivity contribution < 1.29 is 4.79 Å². The fourth-order valence-corrected chi connectivity index (χ4v) is 2.74. The monoisotopic (exact) mass is 254 g/mol. The van der Waals surface area contributed by atoms with E-state index in [1.165, 1.54) is 12.8 Å². The molecule has 0 aromatic carbocycles. The Balaban J connectivity index is 2.36. The number of nitrogens with zero attached hydrogens (tertiary/aromatic N) is 1.